The number of hydrogen-bond acceptors (Lipinski definition) is 4. The predicted molar refractivity (Wildman–Crippen MR) is 84.7 cm³/mol. The zero-order chi connectivity index (χ0) is 15.3. The van der Waals surface area contributed by atoms with E-state index >= 15 is 0 Å². The van der Waals surface area contributed by atoms with Gasteiger partial charge in [-0.25, -0.2) is 4.99 Å². The van der Waals surface area contributed by atoms with E-state index in [1.165, 1.54) is 0 Å². The molecule has 1 atom stereocenters. The number of piperidine rings is 1. The average molecular weight is 288 g/mol. The third-order valence-electron chi connectivity index (χ3n) is 4.73. The maximum absolute atomic E-state index is 6.41. The summed E-state index contributed by atoms with van der Waals surface area (Å²) in [5, 5.41) is 3.66. The Balaban J connectivity index is 2.05. The van der Waals surface area contributed by atoms with E-state index in [4.69, 9.17) is 9.47 Å². The maximum atomic E-state index is 6.41. The zero-order valence-electron chi connectivity index (χ0n) is 13.5. The van der Waals surface area contributed by atoms with Gasteiger partial charge in [0.15, 0.2) is 5.75 Å². The number of methoxy groups -OCH3 is 1. The maximum Gasteiger partial charge on any atom is 0.202 e. The first-order valence-electron chi connectivity index (χ1n) is 7.49. The zero-order valence-corrected chi connectivity index (χ0v) is 13.5. The standard InChI is InChI=1S/C17H24N2O2/c1-15(2)9-10-16(3,4)19-17(15)11-18-14-12(20-5)7-6-8-13(14)21-17/h6-8,11,19H,9-10H2,1-5H3/t17-/m1/s1. The van der Waals surface area contributed by atoms with Gasteiger partial charge in [-0.3, -0.25) is 5.32 Å². The van der Waals surface area contributed by atoms with Crippen LogP contribution in [-0.2, 0) is 0 Å². The van der Waals surface area contributed by atoms with Gasteiger partial charge >= 0.3 is 0 Å². The number of benzene rings is 1. The second-order valence-corrected chi connectivity index (χ2v) is 7.30. The molecule has 1 aromatic carbocycles. The highest BCUT2D eigenvalue weighted by Crippen LogP contribution is 2.49. The van der Waals surface area contributed by atoms with Crippen molar-refractivity contribution in [2.45, 2.75) is 51.8 Å². The van der Waals surface area contributed by atoms with Crippen LogP contribution in [0.1, 0.15) is 40.5 Å². The van der Waals surface area contributed by atoms with E-state index in [1.54, 1.807) is 7.11 Å². The molecule has 21 heavy (non-hydrogen) atoms. The van der Waals surface area contributed by atoms with Crippen molar-refractivity contribution in [3.8, 4) is 11.5 Å². The van der Waals surface area contributed by atoms with Gasteiger partial charge in [0.1, 0.15) is 11.4 Å². The molecule has 0 radical (unpaired) electrons. The number of ether oxygens (including phenoxy) is 2. The lowest BCUT2D eigenvalue weighted by Gasteiger charge is -2.54. The Morgan fingerprint density at radius 1 is 1.19 bits per heavy atom. The van der Waals surface area contributed by atoms with Gasteiger partial charge in [-0.2, -0.15) is 0 Å². The number of fused-ring (bicyclic) bond motifs is 1. The van der Waals surface area contributed by atoms with Gasteiger partial charge in [0.05, 0.1) is 13.3 Å². The summed E-state index contributed by atoms with van der Waals surface area (Å²) in [6.07, 6.45) is 4.11. The van der Waals surface area contributed by atoms with Crippen LogP contribution in [0, 0.1) is 5.41 Å². The van der Waals surface area contributed by atoms with E-state index < -0.39 is 5.72 Å². The van der Waals surface area contributed by atoms with E-state index in [1.807, 2.05) is 24.4 Å². The number of nitrogens with zero attached hydrogens (tertiary/aromatic N) is 1. The molecule has 4 nitrogen and oxygen atoms in total. The fourth-order valence-corrected chi connectivity index (χ4v) is 3.15. The van der Waals surface area contributed by atoms with Crippen molar-refractivity contribution >= 4 is 11.9 Å². The normalized spacial score (nSPS) is 28.8. The highest BCUT2D eigenvalue weighted by Gasteiger charge is 2.54. The molecule has 0 aliphatic carbocycles. The quantitative estimate of drug-likeness (QED) is 0.857. The van der Waals surface area contributed by atoms with Crippen LogP contribution in [0.2, 0.25) is 0 Å². The van der Waals surface area contributed by atoms with Gasteiger partial charge in [0, 0.05) is 11.0 Å². The minimum absolute atomic E-state index is 0.0257. The number of aliphatic imine (C=N–C) groups is 1. The third kappa shape index (κ3) is 2.22. The summed E-state index contributed by atoms with van der Waals surface area (Å²) >= 11 is 0. The van der Waals surface area contributed by atoms with Crippen molar-refractivity contribution in [3.05, 3.63) is 18.2 Å². The highest BCUT2D eigenvalue weighted by molar-refractivity contribution is 5.81. The molecule has 1 aromatic rings. The van der Waals surface area contributed by atoms with E-state index in [9.17, 15) is 0 Å². The van der Waals surface area contributed by atoms with Crippen molar-refractivity contribution < 1.29 is 9.47 Å². The van der Waals surface area contributed by atoms with Crippen molar-refractivity contribution in [2.24, 2.45) is 10.4 Å². The van der Waals surface area contributed by atoms with E-state index in [2.05, 4.69) is 38.0 Å². The van der Waals surface area contributed by atoms with Crippen LogP contribution >= 0.6 is 0 Å². The van der Waals surface area contributed by atoms with Gasteiger partial charge in [-0.15, -0.1) is 0 Å². The van der Waals surface area contributed by atoms with Crippen LogP contribution in [-0.4, -0.2) is 24.6 Å². The first-order valence-corrected chi connectivity index (χ1v) is 7.49. The average Bonchev–Trinajstić information content (AvgIpc) is 2.42. The lowest BCUT2D eigenvalue weighted by Crippen LogP contribution is -2.70. The molecule has 0 unspecified atom stereocenters. The molecule has 1 saturated heterocycles. The summed E-state index contributed by atoms with van der Waals surface area (Å²) in [6, 6.07) is 5.80. The first-order chi connectivity index (χ1) is 9.79. The molecule has 0 saturated carbocycles. The molecule has 2 heterocycles. The van der Waals surface area contributed by atoms with Crippen molar-refractivity contribution in [3.63, 3.8) is 0 Å². The molecule has 4 heteroatoms. The Hall–Kier alpha value is -1.55. The topological polar surface area (TPSA) is 42.8 Å². The highest BCUT2D eigenvalue weighted by atomic mass is 16.5. The lowest BCUT2D eigenvalue weighted by atomic mass is 9.69. The molecule has 0 amide bonds. The molecule has 2 aliphatic rings. The Labute approximate surface area is 126 Å². The Morgan fingerprint density at radius 2 is 1.95 bits per heavy atom. The Bertz CT molecular complexity index is 592. The van der Waals surface area contributed by atoms with Crippen LogP contribution in [0.5, 0.6) is 11.5 Å². The first kappa shape index (κ1) is 14.4. The van der Waals surface area contributed by atoms with Gasteiger partial charge in [0.2, 0.25) is 5.72 Å². The van der Waals surface area contributed by atoms with Crippen molar-refractivity contribution in [1.29, 1.82) is 0 Å². The fourth-order valence-electron chi connectivity index (χ4n) is 3.15. The van der Waals surface area contributed by atoms with Gasteiger partial charge in [-0.1, -0.05) is 19.9 Å². The molecule has 0 aromatic heterocycles. The van der Waals surface area contributed by atoms with E-state index in [0.29, 0.717) is 0 Å². The summed E-state index contributed by atoms with van der Waals surface area (Å²) in [6.45, 7) is 8.88. The second kappa shape index (κ2) is 4.47. The van der Waals surface area contributed by atoms with Gasteiger partial charge in [0.25, 0.3) is 0 Å². The van der Waals surface area contributed by atoms with E-state index in [0.717, 1.165) is 30.0 Å². The molecule has 1 fully saturated rings. The third-order valence-corrected chi connectivity index (χ3v) is 4.73. The minimum atomic E-state index is -0.575. The number of para-hydroxylation sites is 1. The van der Waals surface area contributed by atoms with Gasteiger partial charge in [-0.05, 0) is 38.8 Å². The molecule has 0 bridgehead atoms. The second-order valence-electron chi connectivity index (χ2n) is 7.30. The molecule has 114 valence electrons. The summed E-state index contributed by atoms with van der Waals surface area (Å²) in [5.74, 6) is 1.52. The molecule has 1 N–H and O–H groups in total. The molecular weight excluding hydrogens is 264 g/mol. The SMILES string of the molecule is COc1cccc2c1N=C[C@@]1(NC(C)(C)CCC1(C)C)O2. The molecular formula is C17H24N2O2. The summed E-state index contributed by atoms with van der Waals surface area (Å²) in [5.41, 5.74) is 0.185. The molecule has 1 spiro atoms. The number of rotatable bonds is 1. The number of nitrogens with one attached hydrogen (secondary N) is 1. The van der Waals surface area contributed by atoms with Crippen molar-refractivity contribution in [2.75, 3.05) is 7.11 Å². The van der Waals surface area contributed by atoms with Crippen molar-refractivity contribution in [1.82, 2.24) is 5.32 Å². The minimum Gasteiger partial charge on any atom is -0.494 e. The summed E-state index contributed by atoms with van der Waals surface area (Å²) in [4.78, 5) is 4.66. The van der Waals surface area contributed by atoms with Crippen LogP contribution in [0.15, 0.2) is 23.2 Å². The largest absolute Gasteiger partial charge is 0.494 e. The van der Waals surface area contributed by atoms with Crippen LogP contribution in [0.4, 0.5) is 5.69 Å². The molecule has 3 rings (SSSR count). The number of hydrogen-bond donors (Lipinski definition) is 1. The molecule has 2 aliphatic heterocycles. The summed E-state index contributed by atoms with van der Waals surface area (Å²) < 4.78 is 11.8. The fraction of sp³-hybridized carbons (Fsp3) is 0.588. The van der Waals surface area contributed by atoms with Crippen LogP contribution in [0.25, 0.3) is 0 Å². The lowest BCUT2D eigenvalue weighted by molar-refractivity contribution is -0.0673. The van der Waals surface area contributed by atoms with E-state index in [-0.39, 0.29) is 11.0 Å². The van der Waals surface area contributed by atoms with Crippen LogP contribution in [0.3, 0.4) is 0 Å². The Kier molecular flexibility index (Phi) is 3.06. The summed E-state index contributed by atoms with van der Waals surface area (Å²) in [7, 11) is 1.65. The predicted octanol–water partition coefficient (Wildman–Crippen LogP) is 3.67. The van der Waals surface area contributed by atoms with Crippen LogP contribution < -0.4 is 14.8 Å². The van der Waals surface area contributed by atoms with Gasteiger partial charge < -0.3 is 9.47 Å². The monoisotopic (exact) mass is 288 g/mol. The Morgan fingerprint density at radius 3 is 2.67 bits per heavy atom. The smallest absolute Gasteiger partial charge is 0.202 e.